The molecule has 27 heavy (non-hydrogen) atoms. The minimum Gasteiger partial charge on any atom is -0.453 e. The van der Waals surface area contributed by atoms with Crippen molar-refractivity contribution in [1.29, 1.82) is 0 Å². The van der Waals surface area contributed by atoms with Crippen LogP contribution < -0.4 is 5.56 Å². The molecule has 4 rings (SSSR count). The first-order valence-corrected chi connectivity index (χ1v) is 10.9. The van der Waals surface area contributed by atoms with Gasteiger partial charge in [0.1, 0.15) is 22.1 Å². The van der Waals surface area contributed by atoms with E-state index in [-0.39, 0.29) is 18.1 Å². The van der Waals surface area contributed by atoms with Crippen LogP contribution >= 0.6 is 22.7 Å². The smallest absolute Gasteiger partial charge is 0.348 e. The predicted octanol–water partition coefficient (Wildman–Crippen LogP) is 4.53. The summed E-state index contributed by atoms with van der Waals surface area (Å²) in [4.78, 5) is 35.7. The number of fused-ring (bicyclic) bond motifs is 2. The highest BCUT2D eigenvalue weighted by molar-refractivity contribution is 7.18. The molecule has 1 unspecified atom stereocenters. The predicted molar refractivity (Wildman–Crippen MR) is 109 cm³/mol. The maximum absolute atomic E-state index is 12.5. The fourth-order valence-electron chi connectivity index (χ4n) is 3.62. The molecular formula is C20H22N2O3S2. The minimum absolute atomic E-state index is 0.0276. The van der Waals surface area contributed by atoms with Crippen molar-refractivity contribution in [3.63, 3.8) is 0 Å². The van der Waals surface area contributed by atoms with Crippen molar-refractivity contribution >= 4 is 38.9 Å². The molecule has 1 aliphatic rings. The molecule has 3 aromatic heterocycles. The van der Waals surface area contributed by atoms with E-state index in [4.69, 9.17) is 4.74 Å². The Balaban J connectivity index is 1.49. The number of aromatic amines is 1. The maximum atomic E-state index is 12.5. The summed E-state index contributed by atoms with van der Waals surface area (Å²) in [5.74, 6) is 0.757. The van der Waals surface area contributed by atoms with E-state index in [2.05, 4.69) is 16.9 Å². The van der Waals surface area contributed by atoms with Gasteiger partial charge in [0.2, 0.25) is 0 Å². The van der Waals surface area contributed by atoms with Crippen LogP contribution in [-0.4, -0.2) is 15.9 Å². The average molecular weight is 403 g/mol. The summed E-state index contributed by atoms with van der Waals surface area (Å²) in [5.41, 5.74) is 2.08. The summed E-state index contributed by atoms with van der Waals surface area (Å²) in [5, 5.41) is 0.629. The topological polar surface area (TPSA) is 72.0 Å². The third-order valence-corrected chi connectivity index (χ3v) is 7.71. The number of ether oxygens (including phenoxy) is 1. The molecule has 3 heterocycles. The molecule has 0 saturated heterocycles. The SMILES string of the molecule is CCC1CCc2sc(C(=O)OCc3nc4sc(C)c(C)c4c(=O)[nH]3)cc2C1. The van der Waals surface area contributed by atoms with Crippen LogP contribution in [0.4, 0.5) is 0 Å². The number of thiophene rings is 2. The van der Waals surface area contributed by atoms with Gasteiger partial charge in [0.15, 0.2) is 0 Å². The highest BCUT2D eigenvalue weighted by atomic mass is 32.1. The Morgan fingerprint density at radius 2 is 2.19 bits per heavy atom. The monoisotopic (exact) mass is 402 g/mol. The summed E-state index contributed by atoms with van der Waals surface area (Å²) < 4.78 is 5.43. The highest BCUT2D eigenvalue weighted by Gasteiger charge is 2.23. The fourth-order valence-corrected chi connectivity index (χ4v) is 5.77. The molecule has 142 valence electrons. The van der Waals surface area contributed by atoms with Crippen LogP contribution in [0.25, 0.3) is 10.2 Å². The van der Waals surface area contributed by atoms with Gasteiger partial charge in [0.25, 0.3) is 5.56 Å². The fraction of sp³-hybridized carbons (Fsp3) is 0.450. The lowest BCUT2D eigenvalue weighted by Crippen LogP contribution is -2.14. The van der Waals surface area contributed by atoms with Gasteiger partial charge in [-0.25, -0.2) is 9.78 Å². The van der Waals surface area contributed by atoms with E-state index < -0.39 is 0 Å². The molecule has 5 nitrogen and oxygen atoms in total. The Labute approximate surface area is 165 Å². The Morgan fingerprint density at radius 1 is 1.37 bits per heavy atom. The Bertz CT molecular complexity index is 1080. The summed E-state index contributed by atoms with van der Waals surface area (Å²) in [6.45, 7) is 6.09. The van der Waals surface area contributed by atoms with E-state index >= 15 is 0 Å². The molecule has 1 atom stereocenters. The molecule has 1 N–H and O–H groups in total. The second-order valence-electron chi connectivity index (χ2n) is 7.13. The van der Waals surface area contributed by atoms with Gasteiger partial charge in [-0.05, 0) is 56.2 Å². The molecule has 0 spiro atoms. The number of nitrogens with zero attached hydrogens (tertiary/aromatic N) is 1. The highest BCUT2D eigenvalue weighted by Crippen LogP contribution is 2.34. The van der Waals surface area contributed by atoms with Crippen molar-refractivity contribution in [2.45, 2.75) is 53.1 Å². The van der Waals surface area contributed by atoms with Crippen LogP contribution in [0.5, 0.6) is 0 Å². The number of nitrogens with one attached hydrogen (secondary N) is 1. The molecule has 0 fully saturated rings. The Morgan fingerprint density at radius 3 is 2.96 bits per heavy atom. The maximum Gasteiger partial charge on any atom is 0.348 e. The number of esters is 1. The summed E-state index contributed by atoms with van der Waals surface area (Å²) >= 11 is 3.03. The number of hydrogen-bond donors (Lipinski definition) is 1. The lowest BCUT2D eigenvalue weighted by molar-refractivity contribution is 0.0468. The Hall–Kier alpha value is -1.99. The summed E-state index contributed by atoms with van der Waals surface area (Å²) in [6.07, 6.45) is 4.48. The van der Waals surface area contributed by atoms with Crippen molar-refractivity contribution in [2.24, 2.45) is 5.92 Å². The van der Waals surface area contributed by atoms with Crippen LogP contribution in [0.3, 0.4) is 0 Å². The van der Waals surface area contributed by atoms with Gasteiger partial charge in [-0.15, -0.1) is 22.7 Å². The van der Waals surface area contributed by atoms with Crippen LogP contribution in [-0.2, 0) is 24.2 Å². The summed E-state index contributed by atoms with van der Waals surface area (Å²) in [7, 11) is 0. The molecule has 0 aromatic carbocycles. The lowest BCUT2D eigenvalue weighted by atomic mass is 9.87. The zero-order valence-electron chi connectivity index (χ0n) is 15.7. The van der Waals surface area contributed by atoms with E-state index in [0.29, 0.717) is 20.9 Å². The van der Waals surface area contributed by atoms with Gasteiger partial charge in [0.05, 0.1) is 5.39 Å². The van der Waals surface area contributed by atoms with Crippen molar-refractivity contribution in [3.8, 4) is 0 Å². The number of carbonyl (C=O) groups excluding carboxylic acids is 1. The number of rotatable bonds is 4. The second kappa shape index (κ2) is 7.20. The number of aromatic nitrogens is 2. The normalized spacial score (nSPS) is 16.5. The van der Waals surface area contributed by atoms with E-state index in [1.807, 2.05) is 19.9 Å². The van der Waals surface area contributed by atoms with Crippen molar-refractivity contribution in [3.05, 3.63) is 48.0 Å². The number of H-pyrrole nitrogens is 1. The number of carbonyl (C=O) groups is 1. The van der Waals surface area contributed by atoms with E-state index in [1.165, 1.54) is 46.0 Å². The first-order valence-electron chi connectivity index (χ1n) is 9.23. The number of aryl methyl sites for hydroxylation is 3. The third-order valence-electron chi connectivity index (χ3n) is 5.39. The second-order valence-corrected chi connectivity index (χ2v) is 9.47. The van der Waals surface area contributed by atoms with Crippen LogP contribution in [0.2, 0.25) is 0 Å². The standard InChI is InChI=1S/C20H22N2O3S2/c1-4-12-5-6-14-13(7-12)8-15(27-14)20(24)25-9-16-21-18(23)17-10(2)11(3)26-19(17)22-16/h8,12H,4-7,9H2,1-3H3,(H,21,22,23). The van der Waals surface area contributed by atoms with Crippen molar-refractivity contribution in [1.82, 2.24) is 9.97 Å². The average Bonchev–Trinajstić information content (AvgIpc) is 3.20. The zero-order chi connectivity index (χ0) is 19.1. The zero-order valence-corrected chi connectivity index (χ0v) is 17.3. The van der Waals surface area contributed by atoms with Gasteiger partial charge in [-0.3, -0.25) is 4.79 Å². The van der Waals surface area contributed by atoms with Crippen LogP contribution in [0, 0.1) is 19.8 Å². The first-order chi connectivity index (χ1) is 13.0. The molecule has 7 heteroatoms. The van der Waals surface area contributed by atoms with Crippen molar-refractivity contribution < 1.29 is 9.53 Å². The van der Waals surface area contributed by atoms with E-state index in [9.17, 15) is 9.59 Å². The van der Waals surface area contributed by atoms with Crippen LogP contribution in [0.1, 0.15) is 56.1 Å². The van der Waals surface area contributed by atoms with Gasteiger partial charge in [0, 0.05) is 9.75 Å². The van der Waals surface area contributed by atoms with Crippen molar-refractivity contribution in [2.75, 3.05) is 0 Å². The summed E-state index contributed by atoms with van der Waals surface area (Å²) in [6, 6.07) is 1.98. The molecule has 3 aromatic rings. The number of hydrogen-bond acceptors (Lipinski definition) is 6. The first kappa shape index (κ1) is 18.4. The van der Waals surface area contributed by atoms with Gasteiger partial charge in [-0.1, -0.05) is 13.3 Å². The molecule has 0 saturated carbocycles. The lowest BCUT2D eigenvalue weighted by Gasteiger charge is -2.19. The molecule has 0 bridgehead atoms. The quantitative estimate of drug-likeness (QED) is 0.651. The largest absolute Gasteiger partial charge is 0.453 e. The van der Waals surface area contributed by atoms with E-state index in [1.54, 1.807) is 0 Å². The Kier molecular flexibility index (Phi) is 4.90. The minimum atomic E-state index is -0.344. The third kappa shape index (κ3) is 3.46. The van der Waals surface area contributed by atoms with Crippen LogP contribution in [0.15, 0.2) is 10.9 Å². The van der Waals surface area contributed by atoms with Gasteiger partial charge >= 0.3 is 5.97 Å². The van der Waals surface area contributed by atoms with Gasteiger partial charge < -0.3 is 9.72 Å². The molecular weight excluding hydrogens is 380 g/mol. The molecule has 0 aliphatic heterocycles. The molecule has 0 amide bonds. The molecule has 1 aliphatic carbocycles. The van der Waals surface area contributed by atoms with E-state index in [0.717, 1.165) is 29.2 Å². The molecule has 0 radical (unpaired) electrons. The van der Waals surface area contributed by atoms with Gasteiger partial charge in [-0.2, -0.15) is 0 Å².